The van der Waals surface area contributed by atoms with Gasteiger partial charge in [-0.3, -0.25) is 0 Å². The molecule has 1 aliphatic rings. The lowest BCUT2D eigenvalue weighted by atomic mass is 10.0. The van der Waals surface area contributed by atoms with Crippen LogP contribution in [0.2, 0.25) is 0 Å². The monoisotopic (exact) mass is 146 g/mol. The van der Waals surface area contributed by atoms with Crippen LogP contribution in [-0.4, -0.2) is 11.0 Å². The van der Waals surface area contributed by atoms with E-state index in [1.165, 1.54) is 37.9 Å². The third kappa shape index (κ3) is 2.61. The second-order valence-electron chi connectivity index (χ2n) is 2.72. The first kappa shape index (κ1) is 7.46. The maximum atomic E-state index is 2.26. The lowest BCUT2D eigenvalue weighted by Crippen LogP contribution is -2.07. The first-order chi connectivity index (χ1) is 4.43. The predicted octanol–water partition coefficient (Wildman–Crippen LogP) is 3.32. The van der Waals surface area contributed by atoms with Crippen LogP contribution in [-0.2, 0) is 0 Å². The van der Waals surface area contributed by atoms with Crippen LogP contribution in [0.1, 0.15) is 40.5 Å². The summed E-state index contributed by atoms with van der Waals surface area (Å²) < 4.78 is 0. The Balaban J connectivity index is 0.000000810. The van der Waals surface area contributed by atoms with Crippen LogP contribution in [0.15, 0.2) is 0 Å². The van der Waals surface area contributed by atoms with Crippen molar-refractivity contribution in [3.05, 3.63) is 0 Å². The van der Waals surface area contributed by atoms with E-state index in [4.69, 9.17) is 0 Å². The van der Waals surface area contributed by atoms with Gasteiger partial charge in [0, 0.05) is 6.68 Å². The average molecular weight is 146 g/mol. The summed E-state index contributed by atoms with van der Waals surface area (Å²) in [5.74, 6) is 1.31. The van der Waals surface area contributed by atoms with E-state index in [-0.39, 0.29) is 1.43 Å². The highest BCUT2D eigenvalue weighted by Gasteiger charge is 2.11. The van der Waals surface area contributed by atoms with Crippen LogP contribution < -0.4 is 0 Å². The Morgan fingerprint density at radius 3 is 2.56 bits per heavy atom. The van der Waals surface area contributed by atoms with Gasteiger partial charge in [0.25, 0.3) is 0 Å². The molecule has 0 unspecified atom stereocenters. The number of hydrogen-bond acceptors (Lipinski definition) is 1. The van der Waals surface area contributed by atoms with Gasteiger partial charge in [-0.2, -0.15) is 11.8 Å². The lowest BCUT2D eigenvalue weighted by Gasteiger charge is -2.19. The highest BCUT2D eigenvalue weighted by molar-refractivity contribution is 7.99. The van der Waals surface area contributed by atoms with Gasteiger partial charge in [0.1, 0.15) is 0 Å². The minimum absolute atomic E-state index is 0. The second kappa shape index (κ2) is 4.21. The van der Waals surface area contributed by atoms with E-state index < -0.39 is 0 Å². The Hall–Kier alpha value is 0.350. The molecule has 0 N–H and O–H groups in total. The van der Waals surface area contributed by atoms with Crippen molar-refractivity contribution < 1.29 is 1.43 Å². The largest absolute Gasteiger partial charge is 0.159 e. The molecule has 0 aromatic carbocycles. The molecule has 56 valence electrons. The van der Waals surface area contributed by atoms with E-state index in [2.05, 4.69) is 18.7 Å². The molecule has 0 spiro atoms. The molecule has 1 aliphatic carbocycles. The SMILES string of the molecule is CCSC1CCCCC1.[HH]. The van der Waals surface area contributed by atoms with Gasteiger partial charge in [-0.05, 0) is 18.6 Å². The molecule has 9 heavy (non-hydrogen) atoms. The molecule has 1 saturated carbocycles. The molecule has 0 heterocycles. The summed E-state index contributed by atoms with van der Waals surface area (Å²) >= 11 is 2.15. The molecule has 0 nitrogen and oxygen atoms in total. The van der Waals surface area contributed by atoms with Crippen LogP contribution in [0.25, 0.3) is 0 Å². The zero-order valence-electron chi connectivity index (χ0n) is 6.23. The van der Waals surface area contributed by atoms with Crippen molar-refractivity contribution >= 4 is 11.8 Å². The molecule has 1 heteroatoms. The van der Waals surface area contributed by atoms with Crippen molar-refractivity contribution in [1.82, 2.24) is 0 Å². The first-order valence-electron chi connectivity index (χ1n) is 4.05. The zero-order chi connectivity index (χ0) is 6.53. The summed E-state index contributed by atoms with van der Waals surface area (Å²) in [4.78, 5) is 0. The molecule has 0 atom stereocenters. The Bertz CT molecular complexity index is 66.9. The van der Waals surface area contributed by atoms with Crippen molar-refractivity contribution in [2.75, 3.05) is 5.75 Å². The van der Waals surface area contributed by atoms with Gasteiger partial charge in [-0.15, -0.1) is 0 Å². The topological polar surface area (TPSA) is 0 Å². The maximum Gasteiger partial charge on any atom is 0.00469 e. The highest BCUT2D eigenvalue weighted by atomic mass is 32.2. The summed E-state index contributed by atoms with van der Waals surface area (Å²) in [6, 6.07) is 0. The van der Waals surface area contributed by atoms with E-state index in [1.807, 2.05) is 0 Å². The van der Waals surface area contributed by atoms with Crippen molar-refractivity contribution in [3.63, 3.8) is 0 Å². The van der Waals surface area contributed by atoms with Gasteiger partial charge in [0.2, 0.25) is 0 Å². The van der Waals surface area contributed by atoms with Crippen LogP contribution in [0.4, 0.5) is 0 Å². The molecular weight excluding hydrogens is 128 g/mol. The van der Waals surface area contributed by atoms with Gasteiger partial charge in [-0.1, -0.05) is 26.2 Å². The molecular formula is C8H18S. The fraction of sp³-hybridized carbons (Fsp3) is 1.00. The summed E-state index contributed by atoms with van der Waals surface area (Å²) in [6.07, 6.45) is 7.42. The van der Waals surface area contributed by atoms with Gasteiger partial charge in [0.15, 0.2) is 0 Å². The molecule has 0 aromatic rings. The van der Waals surface area contributed by atoms with Crippen molar-refractivity contribution in [3.8, 4) is 0 Å². The van der Waals surface area contributed by atoms with E-state index in [0.29, 0.717) is 0 Å². The standard InChI is InChI=1S/C8H16S.H2/c1-2-9-8-6-4-3-5-7-8;/h8H,2-7H2,1H3;1H. The third-order valence-electron chi connectivity index (χ3n) is 1.95. The third-order valence-corrected chi connectivity index (χ3v) is 3.23. The van der Waals surface area contributed by atoms with Crippen molar-refractivity contribution in [2.45, 2.75) is 44.3 Å². The molecule has 0 bridgehead atoms. The van der Waals surface area contributed by atoms with E-state index in [1.54, 1.807) is 0 Å². The Morgan fingerprint density at radius 1 is 1.33 bits per heavy atom. The lowest BCUT2D eigenvalue weighted by molar-refractivity contribution is 0.516. The molecule has 0 radical (unpaired) electrons. The average Bonchev–Trinajstić information content (AvgIpc) is 1.91. The Labute approximate surface area is 63.9 Å². The fourth-order valence-electron chi connectivity index (χ4n) is 1.47. The molecule has 0 aliphatic heterocycles. The Kier molecular flexibility index (Phi) is 3.49. The molecule has 0 saturated heterocycles. The van der Waals surface area contributed by atoms with E-state index >= 15 is 0 Å². The van der Waals surface area contributed by atoms with Crippen LogP contribution >= 0.6 is 11.8 Å². The minimum atomic E-state index is 0. The maximum absolute atomic E-state index is 2.26. The van der Waals surface area contributed by atoms with Gasteiger partial charge in [-0.25, -0.2) is 0 Å². The minimum Gasteiger partial charge on any atom is -0.159 e. The van der Waals surface area contributed by atoms with Gasteiger partial charge in [0.05, 0.1) is 0 Å². The zero-order valence-corrected chi connectivity index (χ0v) is 7.04. The molecule has 1 rings (SSSR count). The second-order valence-corrected chi connectivity index (χ2v) is 4.29. The number of hydrogen-bond donors (Lipinski definition) is 0. The summed E-state index contributed by atoms with van der Waals surface area (Å²) in [6.45, 7) is 2.26. The van der Waals surface area contributed by atoms with Crippen LogP contribution in [0, 0.1) is 0 Å². The Morgan fingerprint density at radius 2 is 2.00 bits per heavy atom. The van der Waals surface area contributed by atoms with Crippen LogP contribution in [0.5, 0.6) is 0 Å². The molecule has 0 aromatic heterocycles. The van der Waals surface area contributed by atoms with Crippen LogP contribution in [0.3, 0.4) is 0 Å². The smallest absolute Gasteiger partial charge is 0.00469 e. The van der Waals surface area contributed by atoms with Crippen molar-refractivity contribution in [2.24, 2.45) is 0 Å². The quantitative estimate of drug-likeness (QED) is 0.576. The number of rotatable bonds is 2. The highest BCUT2D eigenvalue weighted by Crippen LogP contribution is 2.27. The number of thioether (sulfide) groups is 1. The predicted molar refractivity (Wildman–Crippen MR) is 47.1 cm³/mol. The first-order valence-corrected chi connectivity index (χ1v) is 5.10. The fourth-order valence-corrected chi connectivity index (χ4v) is 2.61. The van der Waals surface area contributed by atoms with Gasteiger partial charge >= 0.3 is 0 Å². The normalized spacial score (nSPS) is 22.3. The molecule has 0 amide bonds. The van der Waals surface area contributed by atoms with Gasteiger partial charge < -0.3 is 0 Å². The summed E-state index contributed by atoms with van der Waals surface area (Å²) in [5.41, 5.74) is 0. The summed E-state index contributed by atoms with van der Waals surface area (Å²) in [5, 5.41) is 1.02. The van der Waals surface area contributed by atoms with E-state index in [9.17, 15) is 0 Å². The molecule has 1 fully saturated rings. The van der Waals surface area contributed by atoms with E-state index in [0.717, 1.165) is 5.25 Å². The van der Waals surface area contributed by atoms with Crippen molar-refractivity contribution in [1.29, 1.82) is 0 Å². The summed E-state index contributed by atoms with van der Waals surface area (Å²) in [7, 11) is 0.